The Hall–Kier alpha value is -1.49. The van der Waals surface area contributed by atoms with Crippen molar-refractivity contribution in [3.05, 3.63) is 70.7 Å². The van der Waals surface area contributed by atoms with Gasteiger partial charge in [0.15, 0.2) is 0 Å². The highest BCUT2D eigenvalue weighted by Gasteiger charge is 2.15. The van der Waals surface area contributed by atoms with Gasteiger partial charge in [-0.3, -0.25) is 4.98 Å². The van der Waals surface area contributed by atoms with Crippen molar-refractivity contribution < 1.29 is 4.74 Å². The maximum Gasteiger partial charge on any atom is 0.0762 e. The van der Waals surface area contributed by atoms with Gasteiger partial charge in [0, 0.05) is 42.0 Å². The zero-order valence-corrected chi connectivity index (χ0v) is 21.1. The van der Waals surface area contributed by atoms with E-state index in [1.165, 1.54) is 21.8 Å². The van der Waals surface area contributed by atoms with E-state index >= 15 is 0 Å². The van der Waals surface area contributed by atoms with Crippen LogP contribution in [0.2, 0.25) is 0 Å². The molecule has 0 aromatic carbocycles. The van der Waals surface area contributed by atoms with Gasteiger partial charge in [0.2, 0.25) is 0 Å². The normalized spacial score (nSPS) is 12.9. The van der Waals surface area contributed by atoms with Crippen molar-refractivity contribution >= 4 is 23.4 Å². The first kappa shape index (κ1) is 26.5. The van der Waals surface area contributed by atoms with Gasteiger partial charge in [-0.25, -0.2) is 0 Å². The van der Waals surface area contributed by atoms with Crippen LogP contribution in [-0.4, -0.2) is 21.9 Å². The number of methoxy groups -OCH3 is 1. The summed E-state index contributed by atoms with van der Waals surface area (Å²) >= 11 is 8.11. The van der Waals surface area contributed by atoms with Gasteiger partial charge < -0.3 is 9.30 Å². The van der Waals surface area contributed by atoms with Crippen LogP contribution in [-0.2, 0) is 17.9 Å². The number of hydrogen-bond donors (Lipinski definition) is 0. The Morgan fingerprint density at radius 2 is 1.87 bits per heavy atom. The van der Waals surface area contributed by atoms with Crippen molar-refractivity contribution in [1.82, 2.24) is 9.55 Å². The van der Waals surface area contributed by atoms with E-state index in [4.69, 9.17) is 16.3 Å². The highest BCUT2D eigenvalue weighted by molar-refractivity contribution is 8.00. The number of hydrogen-bond acceptors (Lipinski definition) is 3. The van der Waals surface area contributed by atoms with Gasteiger partial charge in [-0.2, -0.15) is 0 Å². The fraction of sp³-hybridized carbons (Fsp3) is 0.480. The van der Waals surface area contributed by atoms with Crippen LogP contribution in [0.5, 0.6) is 0 Å². The summed E-state index contributed by atoms with van der Waals surface area (Å²) in [6.45, 7) is 14.4. The lowest BCUT2D eigenvalue weighted by Crippen LogP contribution is -2.05. The number of rotatable bonds is 9. The van der Waals surface area contributed by atoms with Crippen LogP contribution in [0.1, 0.15) is 57.9 Å². The molecule has 3 nitrogen and oxygen atoms in total. The van der Waals surface area contributed by atoms with Crippen molar-refractivity contribution in [2.24, 2.45) is 5.92 Å². The van der Waals surface area contributed by atoms with Crippen LogP contribution in [0.4, 0.5) is 0 Å². The second-order valence-corrected chi connectivity index (χ2v) is 9.72. The van der Waals surface area contributed by atoms with E-state index < -0.39 is 0 Å². The molecule has 0 bridgehead atoms. The van der Waals surface area contributed by atoms with E-state index in [2.05, 4.69) is 81.4 Å². The molecule has 5 heteroatoms. The summed E-state index contributed by atoms with van der Waals surface area (Å²) in [6.07, 6.45) is 10.8. The highest BCUT2D eigenvalue weighted by Crippen LogP contribution is 2.31. The predicted molar refractivity (Wildman–Crippen MR) is 132 cm³/mol. The van der Waals surface area contributed by atoms with Crippen molar-refractivity contribution in [3.8, 4) is 0 Å². The number of pyridine rings is 1. The summed E-state index contributed by atoms with van der Waals surface area (Å²) in [7, 11) is 1.73. The Balaban J connectivity index is 0.00000103. The molecule has 0 spiro atoms. The lowest BCUT2D eigenvalue weighted by molar-refractivity contribution is 0.184. The Morgan fingerprint density at radius 1 is 1.23 bits per heavy atom. The van der Waals surface area contributed by atoms with Gasteiger partial charge >= 0.3 is 0 Å². The Kier molecular flexibility index (Phi) is 12.8. The minimum absolute atomic E-state index is 0.268. The third kappa shape index (κ3) is 10.0. The van der Waals surface area contributed by atoms with Crippen molar-refractivity contribution in [3.63, 3.8) is 0 Å². The topological polar surface area (TPSA) is 27.1 Å². The quantitative estimate of drug-likeness (QED) is 0.291. The fourth-order valence-corrected chi connectivity index (χ4v) is 4.16. The molecule has 0 aliphatic heterocycles. The molecule has 0 saturated carbocycles. The highest BCUT2D eigenvalue weighted by atomic mass is 35.5. The molecule has 0 fully saturated rings. The zero-order valence-electron chi connectivity index (χ0n) is 19.5. The number of allylic oxidation sites excluding steroid dienone is 3. The molecule has 0 amide bonds. The van der Waals surface area contributed by atoms with Crippen LogP contribution in [0.15, 0.2) is 58.9 Å². The molecular formula is C25H37ClN2OS. The largest absolute Gasteiger partial charge is 0.380 e. The molecule has 0 aliphatic rings. The molecule has 30 heavy (non-hydrogen) atoms. The van der Waals surface area contributed by atoms with Gasteiger partial charge in [-0.15, -0.1) is 11.8 Å². The van der Waals surface area contributed by atoms with Crippen LogP contribution in [0.25, 0.3) is 0 Å². The maximum atomic E-state index is 6.30. The number of aromatic nitrogens is 2. The number of ether oxygens (including phenoxy) is 1. The van der Waals surface area contributed by atoms with E-state index in [9.17, 15) is 0 Å². The molecule has 0 radical (unpaired) electrons. The molecule has 0 N–H and O–H groups in total. The zero-order chi connectivity index (χ0) is 22.5. The number of thioether (sulfide) groups is 1. The summed E-state index contributed by atoms with van der Waals surface area (Å²) in [4.78, 5) is 4.11. The van der Waals surface area contributed by atoms with E-state index in [0.29, 0.717) is 6.61 Å². The van der Waals surface area contributed by atoms with E-state index in [-0.39, 0.29) is 5.25 Å². The SMILES string of the molecule is CC(C)C.CC/C=C\C(Cl)=C/C(C)Sc1cc(COC)c(C)n1Cc1ccncc1. The first-order chi connectivity index (χ1) is 14.3. The molecule has 0 aliphatic carbocycles. The minimum atomic E-state index is 0.268. The van der Waals surface area contributed by atoms with E-state index in [1.807, 2.05) is 30.2 Å². The number of nitrogens with zero attached hydrogens (tertiary/aromatic N) is 2. The average Bonchev–Trinajstić information content (AvgIpc) is 2.96. The van der Waals surface area contributed by atoms with Crippen LogP contribution in [0, 0.1) is 12.8 Å². The summed E-state index contributed by atoms with van der Waals surface area (Å²) in [5.41, 5.74) is 3.69. The van der Waals surface area contributed by atoms with Gasteiger partial charge in [0.1, 0.15) is 0 Å². The molecule has 2 aromatic heterocycles. The summed E-state index contributed by atoms with van der Waals surface area (Å²) in [5.74, 6) is 0.833. The molecule has 1 unspecified atom stereocenters. The Labute approximate surface area is 192 Å². The Morgan fingerprint density at radius 3 is 2.43 bits per heavy atom. The third-order valence-electron chi connectivity index (χ3n) is 4.04. The monoisotopic (exact) mass is 448 g/mol. The van der Waals surface area contributed by atoms with E-state index in [1.54, 1.807) is 7.11 Å². The lowest BCUT2D eigenvalue weighted by atomic mass is 10.2. The predicted octanol–water partition coefficient (Wildman–Crippen LogP) is 7.62. The molecule has 1 atom stereocenters. The second kappa shape index (κ2) is 14.5. The van der Waals surface area contributed by atoms with Gasteiger partial charge in [0.05, 0.1) is 11.6 Å². The first-order valence-electron chi connectivity index (χ1n) is 10.6. The van der Waals surface area contributed by atoms with Crippen molar-refractivity contribution in [2.45, 2.75) is 71.4 Å². The summed E-state index contributed by atoms with van der Waals surface area (Å²) < 4.78 is 7.71. The molecule has 166 valence electrons. The van der Waals surface area contributed by atoms with Crippen molar-refractivity contribution in [1.29, 1.82) is 0 Å². The molecule has 2 heterocycles. The van der Waals surface area contributed by atoms with Crippen LogP contribution >= 0.6 is 23.4 Å². The first-order valence-corrected chi connectivity index (χ1v) is 11.8. The Bertz CT molecular complexity index is 794. The summed E-state index contributed by atoms with van der Waals surface area (Å²) in [6, 6.07) is 6.34. The molecular weight excluding hydrogens is 412 g/mol. The maximum absolute atomic E-state index is 6.30. The molecule has 2 rings (SSSR count). The average molecular weight is 449 g/mol. The second-order valence-electron chi connectivity index (χ2n) is 7.89. The van der Waals surface area contributed by atoms with Gasteiger partial charge in [0.25, 0.3) is 0 Å². The van der Waals surface area contributed by atoms with Gasteiger partial charge in [-0.05, 0) is 61.6 Å². The number of halogens is 1. The standard InChI is InChI=1S/C21H27ClN2OS.C4H10/c1-5-6-7-20(22)12-16(2)26-21-13-19(15-25-4)17(3)24(21)14-18-8-10-23-11-9-18;1-4(2)3/h6-13,16H,5,14-15H2,1-4H3;4H,1-3H3/b7-6-,20-12+;. The lowest BCUT2D eigenvalue weighted by Gasteiger charge is -2.14. The van der Waals surface area contributed by atoms with Gasteiger partial charge in [-0.1, -0.05) is 51.4 Å². The molecule has 2 aromatic rings. The minimum Gasteiger partial charge on any atom is -0.380 e. The molecule has 0 saturated heterocycles. The van der Waals surface area contributed by atoms with Crippen LogP contribution in [0.3, 0.4) is 0 Å². The van der Waals surface area contributed by atoms with E-state index in [0.717, 1.165) is 23.9 Å². The summed E-state index contributed by atoms with van der Waals surface area (Å²) in [5, 5.41) is 2.27. The fourth-order valence-electron chi connectivity index (χ4n) is 2.67. The smallest absolute Gasteiger partial charge is 0.0762 e. The third-order valence-corrected chi connectivity index (χ3v) is 5.38. The van der Waals surface area contributed by atoms with Crippen molar-refractivity contribution in [2.75, 3.05) is 7.11 Å². The van der Waals surface area contributed by atoms with Crippen LogP contribution < -0.4 is 0 Å².